The number of ether oxygens (including phenoxy) is 3. The van der Waals surface area contributed by atoms with E-state index in [1.54, 1.807) is 0 Å². The van der Waals surface area contributed by atoms with Crippen molar-refractivity contribution in [1.29, 1.82) is 0 Å². The van der Waals surface area contributed by atoms with Gasteiger partial charge in [0.05, 0.1) is 0 Å². The molecule has 0 bridgehead atoms. The van der Waals surface area contributed by atoms with E-state index in [4.69, 9.17) is 14.2 Å². The zero-order valence-electron chi connectivity index (χ0n) is 44.2. The van der Waals surface area contributed by atoms with E-state index >= 15 is 0 Å². The van der Waals surface area contributed by atoms with Crippen molar-refractivity contribution in [1.82, 2.24) is 0 Å². The topological polar surface area (TPSA) is 78.9 Å². The van der Waals surface area contributed by atoms with E-state index in [0.717, 1.165) is 116 Å². The maximum Gasteiger partial charge on any atom is 0.306 e. The molecule has 0 aliphatic rings. The summed E-state index contributed by atoms with van der Waals surface area (Å²) < 4.78 is 16.8. The Bertz CT molecular complexity index is 1260. The number of hydrogen-bond donors (Lipinski definition) is 0. The molecule has 0 aromatic rings. The lowest BCUT2D eigenvalue weighted by molar-refractivity contribution is -0.167. The highest BCUT2D eigenvalue weighted by Crippen LogP contribution is 2.16. The summed E-state index contributed by atoms with van der Waals surface area (Å²) in [6.45, 7) is 6.49. The quantitative estimate of drug-likeness (QED) is 0.0262. The Hall–Kier alpha value is -3.15. The fraction of sp³-hybridized carbons (Fsp3) is 0.754. The molecular formula is C61H106O6. The van der Waals surface area contributed by atoms with E-state index in [0.29, 0.717) is 19.3 Å². The van der Waals surface area contributed by atoms with Crippen LogP contribution in [0.1, 0.15) is 278 Å². The second kappa shape index (κ2) is 55.4. The molecule has 6 nitrogen and oxygen atoms in total. The molecule has 0 saturated carbocycles. The highest BCUT2D eigenvalue weighted by atomic mass is 16.6. The van der Waals surface area contributed by atoms with Crippen molar-refractivity contribution < 1.29 is 28.6 Å². The summed E-state index contributed by atoms with van der Waals surface area (Å²) in [5.74, 6) is -0.895. The van der Waals surface area contributed by atoms with Crippen LogP contribution in [-0.2, 0) is 28.6 Å². The predicted molar refractivity (Wildman–Crippen MR) is 288 cm³/mol. The Labute approximate surface area is 414 Å². The molecule has 0 fully saturated rings. The number of rotatable bonds is 51. The molecule has 67 heavy (non-hydrogen) atoms. The van der Waals surface area contributed by atoms with Gasteiger partial charge in [0.25, 0.3) is 0 Å². The molecule has 0 saturated heterocycles. The Balaban J connectivity index is 4.36. The summed E-state index contributed by atoms with van der Waals surface area (Å²) >= 11 is 0. The average molecular weight is 936 g/mol. The van der Waals surface area contributed by atoms with Crippen LogP contribution in [-0.4, -0.2) is 37.2 Å². The summed E-state index contributed by atoms with van der Waals surface area (Å²) in [5.41, 5.74) is 0. The van der Waals surface area contributed by atoms with E-state index in [1.165, 1.54) is 122 Å². The molecule has 0 N–H and O–H groups in total. The number of allylic oxidation sites excluding steroid dienone is 12. The zero-order chi connectivity index (χ0) is 48.6. The fourth-order valence-corrected chi connectivity index (χ4v) is 7.92. The molecule has 6 heteroatoms. The third kappa shape index (κ3) is 53.7. The smallest absolute Gasteiger partial charge is 0.306 e. The van der Waals surface area contributed by atoms with Crippen molar-refractivity contribution in [3.8, 4) is 0 Å². The van der Waals surface area contributed by atoms with Gasteiger partial charge in [-0.05, 0) is 83.5 Å². The lowest BCUT2D eigenvalue weighted by Crippen LogP contribution is -2.30. The molecule has 386 valence electrons. The minimum absolute atomic E-state index is 0.0814. The average Bonchev–Trinajstić information content (AvgIpc) is 3.33. The van der Waals surface area contributed by atoms with Gasteiger partial charge in [-0.15, -0.1) is 0 Å². The van der Waals surface area contributed by atoms with E-state index in [-0.39, 0.29) is 31.1 Å². The molecule has 1 unspecified atom stereocenters. The molecule has 0 heterocycles. The summed E-state index contributed by atoms with van der Waals surface area (Å²) in [4.78, 5) is 38.1. The van der Waals surface area contributed by atoms with Crippen molar-refractivity contribution in [3.05, 3.63) is 72.9 Å². The molecule has 0 rings (SSSR count). The van der Waals surface area contributed by atoms with Crippen molar-refractivity contribution in [2.45, 2.75) is 284 Å². The monoisotopic (exact) mass is 935 g/mol. The lowest BCUT2D eigenvalue weighted by atomic mass is 10.0. The van der Waals surface area contributed by atoms with Crippen molar-refractivity contribution in [2.24, 2.45) is 0 Å². The molecule has 0 aromatic carbocycles. The standard InChI is InChI=1S/C61H106O6/c1-4-7-10-13-16-19-22-25-28-29-30-31-32-33-34-37-39-42-45-48-51-54-60(63)66-57-58(67-61(64)55-52-49-46-43-40-36-27-24-21-18-15-12-9-6-3)56-65-59(62)53-50-47-44-41-38-35-26-23-20-17-14-11-8-5-2/h7,10,15-16,18-19,24-25,27-28,30-31,58H,4-6,8-9,11-14,17,20-23,26,29,32-57H2,1-3H3/b10-7-,18-15-,19-16-,27-24-,28-25-,31-30-. The fourth-order valence-electron chi connectivity index (χ4n) is 7.92. The highest BCUT2D eigenvalue weighted by molar-refractivity contribution is 5.71. The largest absolute Gasteiger partial charge is 0.462 e. The van der Waals surface area contributed by atoms with Crippen LogP contribution < -0.4 is 0 Å². The van der Waals surface area contributed by atoms with E-state index in [1.807, 2.05) is 0 Å². The first-order valence-electron chi connectivity index (χ1n) is 28.4. The van der Waals surface area contributed by atoms with Gasteiger partial charge in [0.2, 0.25) is 0 Å². The normalized spacial score (nSPS) is 12.6. The molecule has 0 spiro atoms. The van der Waals surface area contributed by atoms with Crippen LogP contribution in [0.15, 0.2) is 72.9 Å². The molecule has 0 amide bonds. The second-order valence-corrected chi connectivity index (χ2v) is 18.8. The molecule has 0 aliphatic heterocycles. The molecule has 0 radical (unpaired) electrons. The lowest BCUT2D eigenvalue weighted by Gasteiger charge is -2.18. The number of hydrogen-bond acceptors (Lipinski definition) is 6. The summed E-state index contributed by atoms with van der Waals surface area (Å²) in [5, 5.41) is 0. The highest BCUT2D eigenvalue weighted by Gasteiger charge is 2.19. The van der Waals surface area contributed by atoms with Gasteiger partial charge in [-0.3, -0.25) is 14.4 Å². The van der Waals surface area contributed by atoms with Gasteiger partial charge in [0.15, 0.2) is 6.10 Å². The summed E-state index contributed by atoms with van der Waals surface area (Å²) in [7, 11) is 0. The van der Waals surface area contributed by atoms with Crippen LogP contribution in [0.3, 0.4) is 0 Å². The van der Waals surface area contributed by atoms with Crippen LogP contribution in [0.25, 0.3) is 0 Å². The molecule has 0 aromatic heterocycles. The third-order valence-corrected chi connectivity index (χ3v) is 12.2. The van der Waals surface area contributed by atoms with Gasteiger partial charge < -0.3 is 14.2 Å². The first kappa shape index (κ1) is 63.8. The number of unbranched alkanes of at least 4 members (excludes halogenated alkanes) is 28. The predicted octanol–water partition coefficient (Wildman–Crippen LogP) is 19.0. The van der Waals surface area contributed by atoms with E-state index in [9.17, 15) is 14.4 Å². The third-order valence-electron chi connectivity index (χ3n) is 12.2. The SMILES string of the molecule is CC/C=C\C/C=C\C/C=C\C/C=C\CCCCCCCCCCC(=O)OCC(COC(=O)CCCCCCCCCCCCCCCC)OC(=O)CCCCCCC/C=C\C/C=C\CCCC. The minimum Gasteiger partial charge on any atom is -0.462 e. The molecular weight excluding hydrogens is 829 g/mol. The zero-order valence-corrected chi connectivity index (χ0v) is 44.2. The van der Waals surface area contributed by atoms with Crippen LogP contribution >= 0.6 is 0 Å². The van der Waals surface area contributed by atoms with Gasteiger partial charge in [-0.1, -0.05) is 248 Å². The Morgan fingerprint density at radius 2 is 0.597 bits per heavy atom. The van der Waals surface area contributed by atoms with Crippen LogP contribution in [0, 0.1) is 0 Å². The van der Waals surface area contributed by atoms with E-state index < -0.39 is 6.10 Å². The number of esters is 3. The second-order valence-electron chi connectivity index (χ2n) is 18.8. The van der Waals surface area contributed by atoms with Crippen LogP contribution in [0.2, 0.25) is 0 Å². The minimum atomic E-state index is -0.784. The van der Waals surface area contributed by atoms with Gasteiger partial charge >= 0.3 is 17.9 Å². The molecule has 1 atom stereocenters. The maximum absolute atomic E-state index is 12.8. The Morgan fingerprint density at radius 1 is 0.313 bits per heavy atom. The Morgan fingerprint density at radius 3 is 0.955 bits per heavy atom. The number of carbonyl (C=O) groups is 3. The van der Waals surface area contributed by atoms with Gasteiger partial charge in [0, 0.05) is 19.3 Å². The Kier molecular flexibility index (Phi) is 52.8. The van der Waals surface area contributed by atoms with Gasteiger partial charge in [-0.25, -0.2) is 0 Å². The van der Waals surface area contributed by atoms with Crippen LogP contribution in [0.5, 0.6) is 0 Å². The maximum atomic E-state index is 12.8. The molecule has 0 aliphatic carbocycles. The van der Waals surface area contributed by atoms with Crippen molar-refractivity contribution in [3.63, 3.8) is 0 Å². The van der Waals surface area contributed by atoms with Gasteiger partial charge in [-0.2, -0.15) is 0 Å². The summed E-state index contributed by atoms with van der Waals surface area (Å²) in [6.07, 6.45) is 70.3. The van der Waals surface area contributed by atoms with Crippen molar-refractivity contribution >= 4 is 17.9 Å². The first-order chi connectivity index (χ1) is 33.0. The first-order valence-corrected chi connectivity index (χ1v) is 28.4. The van der Waals surface area contributed by atoms with Crippen LogP contribution in [0.4, 0.5) is 0 Å². The number of carbonyl (C=O) groups excluding carboxylic acids is 3. The van der Waals surface area contributed by atoms with Gasteiger partial charge in [0.1, 0.15) is 13.2 Å². The van der Waals surface area contributed by atoms with Crippen molar-refractivity contribution in [2.75, 3.05) is 13.2 Å². The summed E-state index contributed by atoms with van der Waals surface area (Å²) in [6, 6.07) is 0. The van der Waals surface area contributed by atoms with E-state index in [2.05, 4.69) is 93.7 Å².